The van der Waals surface area contributed by atoms with Crippen LogP contribution in [-0.2, 0) is 15.3 Å². The first-order chi connectivity index (χ1) is 9.16. The largest absolute Gasteiger partial charge is 0.480 e. The van der Waals surface area contributed by atoms with Crippen molar-refractivity contribution >= 4 is 23.6 Å². The van der Waals surface area contributed by atoms with E-state index < -0.39 is 12.0 Å². The molecule has 1 aliphatic rings. The summed E-state index contributed by atoms with van der Waals surface area (Å²) in [7, 11) is 0. The minimum absolute atomic E-state index is 0.0426. The van der Waals surface area contributed by atoms with E-state index in [-0.39, 0.29) is 11.8 Å². The molecule has 0 heterocycles. The predicted molar refractivity (Wildman–Crippen MR) is 74.9 cm³/mol. The maximum absolute atomic E-state index is 11.6. The molecule has 1 fully saturated rings. The summed E-state index contributed by atoms with van der Waals surface area (Å²) in [5.41, 5.74) is 1.16. The molecule has 1 aromatic carbocycles. The number of nitrogens with one attached hydrogen (secondary N) is 1. The second-order valence-electron chi connectivity index (χ2n) is 4.67. The molecule has 102 valence electrons. The molecule has 0 saturated heterocycles. The zero-order valence-corrected chi connectivity index (χ0v) is 11.4. The Hall–Kier alpha value is -1.49. The molecule has 1 amide bonds. The second kappa shape index (κ2) is 6.61. The van der Waals surface area contributed by atoms with Gasteiger partial charge in [-0.3, -0.25) is 4.79 Å². The Bertz CT molecular complexity index is 445. The maximum Gasteiger partial charge on any atom is 0.327 e. The highest BCUT2D eigenvalue weighted by Crippen LogP contribution is 2.29. The molecule has 19 heavy (non-hydrogen) atoms. The van der Waals surface area contributed by atoms with Gasteiger partial charge in [-0.25, -0.2) is 4.79 Å². The van der Waals surface area contributed by atoms with Crippen molar-refractivity contribution in [3.63, 3.8) is 0 Å². The minimum Gasteiger partial charge on any atom is -0.480 e. The molecule has 1 atom stereocenters. The van der Waals surface area contributed by atoms with Crippen molar-refractivity contribution < 1.29 is 14.7 Å². The molecule has 0 bridgehead atoms. The van der Waals surface area contributed by atoms with Crippen LogP contribution in [0.5, 0.6) is 0 Å². The summed E-state index contributed by atoms with van der Waals surface area (Å²) in [6.07, 6.45) is 1.77. The molecule has 1 unspecified atom stereocenters. The third kappa shape index (κ3) is 4.59. The number of thioether (sulfide) groups is 1. The average molecular weight is 279 g/mol. The van der Waals surface area contributed by atoms with Gasteiger partial charge in [-0.1, -0.05) is 30.3 Å². The molecule has 1 saturated carbocycles. The van der Waals surface area contributed by atoms with Crippen LogP contribution in [0, 0.1) is 5.92 Å². The molecular weight excluding hydrogens is 262 g/mol. The first-order valence-corrected chi connectivity index (χ1v) is 7.47. The second-order valence-corrected chi connectivity index (χ2v) is 5.70. The van der Waals surface area contributed by atoms with Crippen LogP contribution in [0.4, 0.5) is 0 Å². The van der Waals surface area contributed by atoms with Crippen LogP contribution in [0.15, 0.2) is 30.3 Å². The normalized spacial score (nSPS) is 15.8. The van der Waals surface area contributed by atoms with E-state index in [9.17, 15) is 9.59 Å². The third-order valence-electron chi connectivity index (χ3n) is 2.96. The molecule has 1 aliphatic carbocycles. The van der Waals surface area contributed by atoms with Crippen molar-refractivity contribution in [3.8, 4) is 0 Å². The van der Waals surface area contributed by atoms with Crippen LogP contribution < -0.4 is 5.32 Å². The lowest BCUT2D eigenvalue weighted by Crippen LogP contribution is -2.43. The fourth-order valence-electron chi connectivity index (χ4n) is 1.68. The van der Waals surface area contributed by atoms with Crippen LogP contribution in [-0.4, -0.2) is 28.8 Å². The Morgan fingerprint density at radius 2 is 2.00 bits per heavy atom. The molecule has 5 heteroatoms. The third-order valence-corrected chi connectivity index (χ3v) is 4.07. The Labute approximate surface area is 116 Å². The summed E-state index contributed by atoms with van der Waals surface area (Å²) in [4.78, 5) is 22.7. The zero-order valence-electron chi connectivity index (χ0n) is 10.5. The SMILES string of the molecule is O=C(NC(CSCc1ccccc1)C(=O)O)C1CC1. The fraction of sp³-hybridized carbons (Fsp3) is 0.429. The summed E-state index contributed by atoms with van der Waals surface area (Å²) in [5, 5.41) is 11.7. The van der Waals surface area contributed by atoms with Crippen molar-refractivity contribution in [2.75, 3.05) is 5.75 Å². The van der Waals surface area contributed by atoms with Gasteiger partial charge in [0, 0.05) is 17.4 Å². The van der Waals surface area contributed by atoms with E-state index in [0.29, 0.717) is 5.75 Å². The smallest absolute Gasteiger partial charge is 0.327 e. The van der Waals surface area contributed by atoms with Gasteiger partial charge in [0.05, 0.1) is 0 Å². The lowest BCUT2D eigenvalue weighted by atomic mass is 10.2. The molecule has 2 N–H and O–H groups in total. The first-order valence-electron chi connectivity index (χ1n) is 6.31. The van der Waals surface area contributed by atoms with E-state index in [1.54, 1.807) is 0 Å². The van der Waals surface area contributed by atoms with Gasteiger partial charge in [0.25, 0.3) is 0 Å². The minimum atomic E-state index is -0.963. The van der Waals surface area contributed by atoms with Crippen molar-refractivity contribution in [2.45, 2.75) is 24.6 Å². The van der Waals surface area contributed by atoms with E-state index in [0.717, 1.165) is 24.2 Å². The van der Waals surface area contributed by atoms with Gasteiger partial charge >= 0.3 is 5.97 Å². The van der Waals surface area contributed by atoms with Gasteiger partial charge in [-0.05, 0) is 18.4 Å². The first kappa shape index (κ1) is 13.9. The maximum atomic E-state index is 11.6. The number of rotatable bonds is 7. The number of hydrogen-bond acceptors (Lipinski definition) is 3. The molecule has 4 nitrogen and oxygen atoms in total. The number of hydrogen-bond donors (Lipinski definition) is 2. The number of carbonyl (C=O) groups excluding carboxylic acids is 1. The summed E-state index contributed by atoms with van der Waals surface area (Å²) < 4.78 is 0. The number of benzene rings is 1. The predicted octanol–water partition coefficient (Wildman–Crippen LogP) is 1.90. The summed E-state index contributed by atoms with van der Waals surface area (Å²) >= 11 is 1.52. The summed E-state index contributed by atoms with van der Waals surface area (Å²) in [6, 6.07) is 9.09. The lowest BCUT2D eigenvalue weighted by Gasteiger charge is -2.14. The van der Waals surface area contributed by atoms with Crippen molar-refractivity contribution in [1.29, 1.82) is 0 Å². The Kier molecular flexibility index (Phi) is 4.85. The highest BCUT2D eigenvalue weighted by Gasteiger charge is 2.32. The van der Waals surface area contributed by atoms with Gasteiger partial charge in [-0.15, -0.1) is 0 Å². The number of carboxylic acids is 1. The van der Waals surface area contributed by atoms with Gasteiger partial charge in [0.1, 0.15) is 6.04 Å². The van der Waals surface area contributed by atoms with Crippen molar-refractivity contribution in [2.24, 2.45) is 5.92 Å². The van der Waals surface area contributed by atoms with E-state index in [1.807, 2.05) is 30.3 Å². The Balaban J connectivity index is 1.77. The quantitative estimate of drug-likeness (QED) is 0.800. The average Bonchev–Trinajstić information content (AvgIpc) is 3.22. The lowest BCUT2D eigenvalue weighted by molar-refractivity contribution is -0.141. The van der Waals surface area contributed by atoms with Crippen LogP contribution in [0.1, 0.15) is 18.4 Å². The molecule has 2 rings (SSSR count). The molecule has 0 aromatic heterocycles. The Morgan fingerprint density at radius 1 is 1.32 bits per heavy atom. The molecule has 0 radical (unpaired) electrons. The van der Waals surface area contributed by atoms with Crippen LogP contribution in [0.2, 0.25) is 0 Å². The van der Waals surface area contributed by atoms with Crippen LogP contribution in [0.25, 0.3) is 0 Å². The van der Waals surface area contributed by atoms with Crippen LogP contribution >= 0.6 is 11.8 Å². The molecular formula is C14H17NO3S. The number of carbonyl (C=O) groups is 2. The van der Waals surface area contributed by atoms with E-state index >= 15 is 0 Å². The van der Waals surface area contributed by atoms with Gasteiger partial charge < -0.3 is 10.4 Å². The van der Waals surface area contributed by atoms with Crippen LogP contribution in [0.3, 0.4) is 0 Å². The monoisotopic (exact) mass is 279 g/mol. The number of amides is 1. The van der Waals surface area contributed by atoms with Gasteiger partial charge in [0.2, 0.25) is 5.91 Å². The molecule has 0 spiro atoms. The molecule has 0 aliphatic heterocycles. The fourth-order valence-corrected chi connectivity index (χ4v) is 2.69. The topological polar surface area (TPSA) is 66.4 Å². The summed E-state index contributed by atoms with van der Waals surface area (Å²) in [5.74, 6) is 0.107. The number of aliphatic carboxylic acids is 1. The summed E-state index contributed by atoms with van der Waals surface area (Å²) in [6.45, 7) is 0. The Morgan fingerprint density at radius 3 is 2.58 bits per heavy atom. The van der Waals surface area contributed by atoms with Crippen molar-refractivity contribution in [1.82, 2.24) is 5.32 Å². The highest BCUT2D eigenvalue weighted by atomic mass is 32.2. The standard InChI is InChI=1S/C14H17NO3S/c16-13(11-6-7-11)15-12(14(17)18)9-19-8-10-4-2-1-3-5-10/h1-5,11-12H,6-9H2,(H,15,16)(H,17,18). The molecule has 1 aromatic rings. The van der Waals surface area contributed by atoms with E-state index in [2.05, 4.69) is 5.32 Å². The van der Waals surface area contributed by atoms with Crippen molar-refractivity contribution in [3.05, 3.63) is 35.9 Å². The van der Waals surface area contributed by atoms with Gasteiger partial charge in [-0.2, -0.15) is 11.8 Å². The zero-order chi connectivity index (χ0) is 13.7. The highest BCUT2D eigenvalue weighted by molar-refractivity contribution is 7.98. The van der Waals surface area contributed by atoms with E-state index in [4.69, 9.17) is 5.11 Å². The van der Waals surface area contributed by atoms with Gasteiger partial charge in [0.15, 0.2) is 0 Å². The number of carboxylic acid groups (broad SMARTS) is 1. The van der Waals surface area contributed by atoms with E-state index in [1.165, 1.54) is 11.8 Å².